The zero-order valence-corrected chi connectivity index (χ0v) is 12.7. The van der Waals surface area contributed by atoms with Gasteiger partial charge in [-0.2, -0.15) is 0 Å². The van der Waals surface area contributed by atoms with Crippen molar-refractivity contribution in [1.29, 1.82) is 0 Å². The molecule has 1 fully saturated rings. The molecule has 1 N–H and O–H groups in total. The molecule has 1 aliphatic rings. The largest absolute Gasteiger partial charge is 0.373 e. The van der Waals surface area contributed by atoms with Crippen LogP contribution in [0.4, 0.5) is 0 Å². The van der Waals surface area contributed by atoms with Gasteiger partial charge in [0.15, 0.2) is 0 Å². The molecular weight excluding hydrogens is 266 g/mol. The van der Waals surface area contributed by atoms with Gasteiger partial charge in [-0.15, -0.1) is 23.7 Å². The van der Waals surface area contributed by atoms with E-state index in [1.54, 1.807) is 11.3 Å². The second-order valence-electron chi connectivity index (χ2n) is 4.86. The molecule has 1 aromatic rings. The summed E-state index contributed by atoms with van der Waals surface area (Å²) < 4.78 is 5.87. The topological polar surface area (TPSA) is 21.3 Å². The average molecular weight is 290 g/mol. The second-order valence-corrected chi connectivity index (χ2v) is 5.84. The van der Waals surface area contributed by atoms with Gasteiger partial charge < -0.3 is 10.1 Å². The maximum atomic E-state index is 5.87. The van der Waals surface area contributed by atoms with Crippen LogP contribution >= 0.6 is 23.7 Å². The molecular formula is C14H24ClNOS. The van der Waals surface area contributed by atoms with Gasteiger partial charge in [0.1, 0.15) is 0 Å². The van der Waals surface area contributed by atoms with Gasteiger partial charge in [0, 0.05) is 11.5 Å². The van der Waals surface area contributed by atoms with Crippen LogP contribution in [0.2, 0.25) is 0 Å². The SMILES string of the molecule is CC(OCCCC1CCNCC1)c1cccs1.Cl. The summed E-state index contributed by atoms with van der Waals surface area (Å²) in [6.07, 6.45) is 5.50. The van der Waals surface area contributed by atoms with E-state index < -0.39 is 0 Å². The van der Waals surface area contributed by atoms with Crippen LogP contribution < -0.4 is 5.32 Å². The Morgan fingerprint density at radius 1 is 1.44 bits per heavy atom. The summed E-state index contributed by atoms with van der Waals surface area (Å²) in [4.78, 5) is 1.34. The molecule has 0 radical (unpaired) electrons. The number of halogens is 1. The highest BCUT2D eigenvalue weighted by Crippen LogP contribution is 2.23. The van der Waals surface area contributed by atoms with Gasteiger partial charge in [-0.05, 0) is 63.1 Å². The Hall–Kier alpha value is -0.0900. The fourth-order valence-corrected chi connectivity index (χ4v) is 3.14. The van der Waals surface area contributed by atoms with E-state index in [2.05, 4.69) is 29.8 Å². The van der Waals surface area contributed by atoms with Crippen LogP contribution in [-0.2, 0) is 4.74 Å². The number of ether oxygens (including phenoxy) is 1. The molecule has 0 aromatic carbocycles. The van der Waals surface area contributed by atoms with Crippen molar-refractivity contribution in [2.75, 3.05) is 19.7 Å². The Bertz CT molecular complexity index is 299. The molecule has 18 heavy (non-hydrogen) atoms. The van der Waals surface area contributed by atoms with Crippen LogP contribution in [0.15, 0.2) is 17.5 Å². The Balaban J connectivity index is 0.00000162. The van der Waals surface area contributed by atoms with E-state index >= 15 is 0 Å². The van der Waals surface area contributed by atoms with E-state index in [0.29, 0.717) is 0 Å². The maximum Gasteiger partial charge on any atom is 0.0888 e. The van der Waals surface area contributed by atoms with E-state index in [4.69, 9.17) is 4.74 Å². The van der Waals surface area contributed by atoms with Gasteiger partial charge >= 0.3 is 0 Å². The molecule has 1 unspecified atom stereocenters. The zero-order chi connectivity index (χ0) is 11.9. The molecule has 1 aliphatic heterocycles. The highest BCUT2D eigenvalue weighted by Gasteiger charge is 2.12. The Morgan fingerprint density at radius 2 is 2.22 bits per heavy atom. The number of hydrogen-bond acceptors (Lipinski definition) is 3. The summed E-state index contributed by atoms with van der Waals surface area (Å²) in [5.41, 5.74) is 0. The lowest BCUT2D eigenvalue weighted by molar-refractivity contribution is 0.0623. The monoisotopic (exact) mass is 289 g/mol. The minimum absolute atomic E-state index is 0. The lowest BCUT2D eigenvalue weighted by atomic mass is 9.93. The quantitative estimate of drug-likeness (QED) is 0.799. The molecule has 1 aromatic heterocycles. The standard InChI is InChI=1S/C14H23NOS.ClH/c1-12(14-5-3-11-17-14)16-10-2-4-13-6-8-15-9-7-13;/h3,5,11-13,15H,2,4,6-10H2,1H3;1H. The van der Waals surface area contributed by atoms with Crippen LogP contribution in [0.25, 0.3) is 0 Å². The first kappa shape index (κ1) is 16.0. The Morgan fingerprint density at radius 3 is 2.89 bits per heavy atom. The lowest BCUT2D eigenvalue weighted by Crippen LogP contribution is -2.27. The van der Waals surface area contributed by atoms with Crippen molar-refractivity contribution in [3.63, 3.8) is 0 Å². The third-order valence-electron chi connectivity index (χ3n) is 3.53. The van der Waals surface area contributed by atoms with Crippen molar-refractivity contribution in [3.05, 3.63) is 22.4 Å². The van der Waals surface area contributed by atoms with E-state index in [1.807, 2.05) is 0 Å². The van der Waals surface area contributed by atoms with Gasteiger partial charge in [-0.25, -0.2) is 0 Å². The van der Waals surface area contributed by atoms with Crippen molar-refractivity contribution in [2.24, 2.45) is 5.92 Å². The van der Waals surface area contributed by atoms with E-state index in [-0.39, 0.29) is 18.5 Å². The molecule has 1 atom stereocenters. The molecule has 0 spiro atoms. The number of nitrogens with one attached hydrogen (secondary N) is 1. The van der Waals surface area contributed by atoms with Crippen LogP contribution in [0.1, 0.15) is 43.6 Å². The zero-order valence-electron chi connectivity index (χ0n) is 11.1. The molecule has 2 heterocycles. The molecule has 0 bridgehead atoms. The fraction of sp³-hybridized carbons (Fsp3) is 0.714. The smallest absolute Gasteiger partial charge is 0.0888 e. The van der Waals surface area contributed by atoms with Crippen LogP contribution in [0.3, 0.4) is 0 Å². The van der Waals surface area contributed by atoms with E-state index in [1.165, 1.54) is 43.6 Å². The summed E-state index contributed by atoms with van der Waals surface area (Å²) in [7, 11) is 0. The first-order chi connectivity index (χ1) is 8.36. The molecule has 2 nitrogen and oxygen atoms in total. The fourth-order valence-electron chi connectivity index (χ4n) is 2.41. The van der Waals surface area contributed by atoms with Crippen molar-refractivity contribution in [1.82, 2.24) is 5.32 Å². The second kappa shape index (κ2) is 8.92. The van der Waals surface area contributed by atoms with Crippen LogP contribution in [-0.4, -0.2) is 19.7 Å². The van der Waals surface area contributed by atoms with Crippen molar-refractivity contribution < 1.29 is 4.74 Å². The van der Waals surface area contributed by atoms with Crippen LogP contribution in [0, 0.1) is 5.92 Å². The first-order valence-corrected chi connectivity index (χ1v) is 7.60. The minimum Gasteiger partial charge on any atom is -0.373 e. The van der Waals surface area contributed by atoms with Gasteiger partial charge in [-0.1, -0.05) is 6.07 Å². The molecule has 1 saturated heterocycles. The Kier molecular flexibility index (Phi) is 7.91. The number of piperidine rings is 1. The number of thiophene rings is 1. The summed E-state index contributed by atoms with van der Waals surface area (Å²) in [6.45, 7) is 5.47. The van der Waals surface area contributed by atoms with E-state index in [0.717, 1.165) is 12.5 Å². The predicted octanol–water partition coefficient (Wildman–Crippen LogP) is 4.03. The van der Waals surface area contributed by atoms with E-state index in [9.17, 15) is 0 Å². The van der Waals surface area contributed by atoms with Crippen molar-refractivity contribution in [3.8, 4) is 0 Å². The maximum absolute atomic E-state index is 5.87. The Labute approximate surface area is 121 Å². The molecule has 2 rings (SSSR count). The highest BCUT2D eigenvalue weighted by molar-refractivity contribution is 7.10. The van der Waals surface area contributed by atoms with Crippen LogP contribution in [0.5, 0.6) is 0 Å². The molecule has 0 amide bonds. The molecule has 4 heteroatoms. The van der Waals surface area contributed by atoms with Gasteiger partial charge in [0.25, 0.3) is 0 Å². The summed E-state index contributed by atoms with van der Waals surface area (Å²) in [5, 5.41) is 5.53. The highest BCUT2D eigenvalue weighted by atomic mass is 35.5. The first-order valence-electron chi connectivity index (χ1n) is 6.72. The van der Waals surface area contributed by atoms with Crippen molar-refractivity contribution >= 4 is 23.7 Å². The van der Waals surface area contributed by atoms with Crippen molar-refractivity contribution in [2.45, 2.75) is 38.7 Å². The predicted molar refractivity (Wildman–Crippen MR) is 80.8 cm³/mol. The summed E-state index contributed by atoms with van der Waals surface area (Å²) in [5.74, 6) is 0.928. The summed E-state index contributed by atoms with van der Waals surface area (Å²) >= 11 is 1.78. The minimum atomic E-state index is 0. The molecule has 0 saturated carbocycles. The normalized spacial score (nSPS) is 18.3. The lowest BCUT2D eigenvalue weighted by Gasteiger charge is -2.22. The molecule has 0 aliphatic carbocycles. The number of hydrogen-bond donors (Lipinski definition) is 1. The summed E-state index contributed by atoms with van der Waals surface area (Å²) in [6, 6.07) is 4.25. The van der Waals surface area contributed by atoms with Gasteiger partial charge in [-0.3, -0.25) is 0 Å². The third kappa shape index (κ3) is 5.27. The third-order valence-corrected chi connectivity index (χ3v) is 4.56. The average Bonchev–Trinajstić information content (AvgIpc) is 2.89. The van der Waals surface area contributed by atoms with Gasteiger partial charge in [0.2, 0.25) is 0 Å². The van der Waals surface area contributed by atoms with Gasteiger partial charge in [0.05, 0.1) is 6.10 Å². The molecule has 104 valence electrons. The number of rotatable bonds is 6.